The van der Waals surface area contributed by atoms with Crippen molar-refractivity contribution in [2.75, 3.05) is 6.54 Å². The van der Waals surface area contributed by atoms with Gasteiger partial charge >= 0.3 is 0 Å². The van der Waals surface area contributed by atoms with Gasteiger partial charge in [0.25, 0.3) is 5.56 Å². The summed E-state index contributed by atoms with van der Waals surface area (Å²) < 4.78 is 0. The smallest absolute Gasteiger partial charge is 0.266 e. The molecule has 0 radical (unpaired) electrons. The molecule has 0 amide bonds. The fourth-order valence-corrected chi connectivity index (χ4v) is 4.58. The minimum absolute atomic E-state index is 0.145. The predicted octanol–water partition coefficient (Wildman–Crippen LogP) is 2.39. The normalized spacial score (nSPS) is 16.1. The van der Waals surface area contributed by atoms with E-state index < -0.39 is 0 Å². The number of H-pyrrole nitrogens is 1. The van der Waals surface area contributed by atoms with E-state index >= 15 is 0 Å². The second kappa shape index (κ2) is 5.55. The van der Waals surface area contributed by atoms with Crippen molar-refractivity contribution in [1.82, 2.24) is 14.9 Å². The van der Waals surface area contributed by atoms with Gasteiger partial charge in [-0.3, -0.25) is 4.79 Å². The first-order valence-electron chi connectivity index (χ1n) is 7.58. The standard InChI is InChI=1S/C16H14N4OS2/c17-7-9-6-10-11(18-16(9)21)3-4-12-15(10)19-13(23-12)8-20-5-1-2-14(20)22/h6H,1-5,8H2,(H,18,21). The van der Waals surface area contributed by atoms with E-state index in [0.717, 1.165) is 65.7 Å². The Kier molecular flexibility index (Phi) is 3.51. The van der Waals surface area contributed by atoms with Crippen molar-refractivity contribution in [2.24, 2.45) is 0 Å². The maximum absolute atomic E-state index is 11.8. The largest absolute Gasteiger partial charge is 0.359 e. The van der Waals surface area contributed by atoms with E-state index in [1.165, 1.54) is 4.88 Å². The molecule has 1 aliphatic heterocycles. The lowest BCUT2D eigenvalue weighted by Crippen LogP contribution is -2.22. The number of pyridine rings is 1. The number of aryl methyl sites for hydroxylation is 2. The Balaban J connectivity index is 1.72. The van der Waals surface area contributed by atoms with Gasteiger partial charge in [0.2, 0.25) is 0 Å². The monoisotopic (exact) mass is 342 g/mol. The Hall–Kier alpha value is -2.04. The third-order valence-electron chi connectivity index (χ3n) is 4.34. The van der Waals surface area contributed by atoms with Crippen LogP contribution in [0, 0.1) is 11.3 Å². The van der Waals surface area contributed by atoms with Crippen LogP contribution in [0.25, 0.3) is 11.3 Å². The molecule has 1 N–H and O–H groups in total. The molecule has 2 aromatic heterocycles. The highest BCUT2D eigenvalue weighted by Gasteiger charge is 2.24. The average molecular weight is 342 g/mol. The van der Waals surface area contributed by atoms with Crippen LogP contribution in [0.4, 0.5) is 0 Å². The Labute approximate surface area is 142 Å². The van der Waals surface area contributed by atoms with Crippen LogP contribution in [0.1, 0.15) is 34.0 Å². The zero-order valence-corrected chi connectivity index (χ0v) is 14.0. The van der Waals surface area contributed by atoms with Gasteiger partial charge in [-0.25, -0.2) is 4.98 Å². The van der Waals surface area contributed by atoms with Crippen molar-refractivity contribution in [1.29, 1.82) is 5.26 Å². The van der Waals surface area contributed by atoms with Crippen LogP contribution >= 0.6 is 23.6 Å². The molecule has 7 heteroatoms. The van der Waals surface area contributed by atoms with Gasteiger partial charge in [-0.2, -0.15) is 5.26 Å². The van der Waals surface area contributed by atoms with Crippen molar-refractivity contribution in [3.63, 3.8) is 0 Å². The van der Waals surface area contributed by atoms with Crippen LogP contribution in [-0.2, 0) is 19.4 Å². The van der Waals surface area contributed by atoms with Gasteiger partial charge in [-0.15, -0.1) is 11.3 Å². The first-order chi connectivity index (χ1) is 11.2. The first-order valence-corrected chi connectivity index (χ1v) is 8.81. The fraction of sp³-hybridized carbons (Fsp3) is 0.375. The Morgan fingerprint density at radius 2 is 2.30 bits per heavy atom. The maximum atomic E-state index is 11.8. The van der Waals surface area contributed by atoms with Crippen LogP contribution in [0.2, 0.25) is 0 Å². The minimum Gasteiger partial charge on any atom is -0.359 e. The molecule has 1 fully saturated rings. The molecular formula is C16H14N4OS2. The number of hydrogen-bond donors (Lipinski definition) is 1. The Morgan fingerprint density at radius 1 is 1.43 bits per heavy atom. The number of aromatic nitrogens is 2. The highest BCUT2D eigenvalue weighted by molar-refractivity contribution is 7.80. The van der Waals surface area contributed by atoms with E-state index in [9.17, 15) is 4.79 Å². The third kappa shape index (κ3) is 2.48. The SMILES string of the molecule is N#Cc1cc2c([nH]c1=O)CCc1sc(CN3CCCC3=S)nc1-2. The molecule has 5 nitrogen and oxygen atoms in total. The second-order valence-corrected chi connectivity index (χ2v) is 7.45. The molecule has 2 aromatic rings. The molecule has 23 heavy (non-hydrogen) atoms. The number of nitriles is 1. The molecular weight excluding hydrogens is 328 g/mol. The quantitative estimate of drug-likeness (QED) is 0.849. The zero-order valence-electron chi connectivity index (χ0n) is 12.4. The molecule has 0 unspecified atom stereocenters. The van der Waals surface area contributed by atoms with Gasteiger partial charge in [-0.1, -0.05) is 12.2 Å². The van der Waals surface area contributed by atoms with E-state index in [1.807, 2.05) is 6.07 Å². The van der Waals surface area contributed by atoms with Gasteiger partial charge < -0.3 is 9.88 Å². The highest BCUT2D eigenvalue weighted by atomic mass is 32.1. The van der Waals surface area contributed by atoms with E-state index in [0.29, 0.717) is 0 Å². The zero-order chi connectivity index (χ0) is 16.0. The van der Waals surface area contributed by atoms with Gasteiger partial charge in [0.1, 0.15) is 16.6 Å². The summed E-state index contributed by atoms with van der Waals surface area (Å²) in [7, 11) is 0. The van der Waals surface area contributed by atoms with E-state index in [1.54, 1.807) is 17.4 Å². The average Bonchev–Trinajstić information content (AvgIpc) is 3.13. The van der Waals surface area contributed by atoms with E-state index in [4.69, 9.17) is 22.5 Å². The Bertz CT molecular complexity index is 906. The highest BCUT2D eigenvalue weighted by Crippen LogP contribution is 2.36. The van der Waals surface area contributed by atoms with Crippen molar-refractivity contribution in [3.8, 4) is 17.3 Å². The maximum Gasteiger partial charge on any atom is 0.266 e. The molecule has 0 saturated carbocycles. The molecule has 116 valence electrons. The topological polar surface area (TPSA) is 72.8 Å². The molecule has 3 heterocycles. The van der Waals surface area contributed by atoms with Crippen LogP contribution in [0.3, 0.4) is 0 Å². The van der Waals surface area contributed by atoms with E-state index in [-0.39, 0.29) is 11.1 Å². The summed E-state index contributed by atoms with van der Waals surface area (Å²) in [5.41, 5.74) is 2.53. The summed E-state index contributed by atoms with van der Waals surface area (Å²) in [4.78, 5) is 23.9. The molecule has 4 rings (SSSR count). The number of hydrogen-bond acceptors (Lipinski definition) is 5. The number of fused-ring (bicyclic) bond motifs is 3. The molecule has 0 aromatic carbocycles. The number of nitrogens with zero attached hydrogens (tertiary/aromatic N) is 3. The molecule has 2 aliphatic rings. The number of likely N-dealkylation sites (tertiary alicyclic amines) is 1. The van der Waals surface area contributed by atoms with Crippen molar-refractivity contribution in [3.05, 3.63) is 37.6 Å². The van der Waals surface area contributed by atoms with Gasteiger partial charge in [0.15, 0.2) is 0 Å². The number of nitrogens with one attached hydrogen (secondary N) is 1. The molecule has 0 bridgehead atoms. The summed E-state index contributed by atoms with van der Waals surface area (Å²) in [6.07, 6.45) is 3.79. The summed E-state index contributed by atoms with van der Waals surface area (Å²) in [6.45, 7) is 1.77. The van der Waals surface area contributed by atoms with Gasteiger partial charge in [0.05, 0.1) is 17.2 Å². The summed E-state index contributed by atoms with van der Waals surface area (Å²) in [6, 6.07) is 3.63. The van der Waals surface area contributed by atoms with Crippen molar-refractivity contribution in [2.45, 2.75) is 32.2 Å². The van der Waals surface area contributed by atoms with Gasteiger partial charge in [-0.05, 0) is 31.7 Å². The second-order valence-electron chi connectivity index (χ2n) is 5.81. The number of aromatic amines is 1. The molecule has 1 aliphatic carbocycles. The summed E-state index contributed by atoms with van der Waals surface area (Å²) >= 11 is 7.10. The molecule has 1 saturated heterocycles. The van der Waals surface area contributed by atoms with Crippen molar-refractivity contribution >= 4 is 28.5 Å². The lowest BCUT2D eigenvalue weighted by atomic mass is 9.97. The summed E-state index contributed by atoms with van der Waals surface area (Å²) in [5, 5.41) is 10.1. The van der Waals surface area contributed by atoms with E-state index in [2.05, 4.69) is 9.88 Å². The third-order valence-corrected chi connectivity index (χ3v) is 5.90. The molecule has 0 spiro atoms. The minimum atomic E-state index is -0.312. The van der Waals surface area contributed by atoms with Crippen LogP contribution < -0.4 is 5.56 Å². The van der Waals surface area contributed by atoms with Crippen LogP contribution in [-0.4, -0.2) is 26.4 Å². The van der Waals surface area contributed by atoms with Gasteiger partial charge in [0, 0.05) is 22.7 Å². The van der Waals surface area contributed by atoms with Crippen molar-refractivity contribution < 1.29 is 0 Å². The number of rotatable bonds is 2. The Morgan fingerprint density at radius 3 is 3.04 bits per heavy atom. The lowest BCUT2D eigenvalue weighted by Gasteiger charge is -2.15. The number of thiocarbonyl (C=S) groups is 1. The predicted molar refractivity (Wildman–Crippen MR) is 92.5 cm³/mol. The van der Waals surface area contributed by atoms with Crippen LogP contribution in [0.15, 0.2) is 10.9 Å². The fourth-order valence-electron chi connectivity index (χ4n) is 3.18. The first kappa shape index (κ1) is 14.5. The number of thiazole rings is 1. The molecule has 0 atom stereocenters. The summed E-state index contributed by atoms with van der Waals surface area (Å²) in [5.74, 6) is 0. The lowest BCUT2D eigenvalue weighted by molar-refractivity contribution is 0.453. The van der Waals surface area contributed by atoms with Crippen LogP contribution in [0.5, 0.6) is 0 Å².